The monoisotopic (exact) mass is 250 g/mol. The zero-order valence-electron chi connectivity index (χ0n) is 9.48. The van der Waals surface area contributed by atoms with Gasteiger partial charge in [-0.25, -0.2) is 4.79 Å². The molecule has 4 nitrogen and oxygen atoms in total. The van der Waals surface area contributed by atoms with Crippen molar-refractivity contribution >= 4 is 34.7 Å². The Kier molecular flexibility index (Phi) is 3.15. The molecule has 0 bridgehead atoms. The normalized spacial score (nSPS) is 11.2. The summed E-state index contributed by atoms with van der Waals surface area (Å²) >= 11 is 6.18. The first-order chi connectivity index (χ1) is 8.11. The number of aromatic nitrogens is 1. The Balaban J connectivity index is 2.50. The van der Waals surface area contributed by atoms with E-state index in [1.54, 1.807) is 0 Å². The summed E-state index contributed by atoms with van der Waals surface area (Å²) in [4.78, 5) is 15.1. The van der Waals surface area contributed by atoms with E-state index in [9.17, 15) is 4.79 Å². The van der Waals surface area contributed by atoms with Crippen LogP contribution in [0.1, 0.15) is 12.5 Å². The molecule has 0 saturated heterocycles. The Morgan fingerprint density at radius 3 is 2.88 bits per heavy atom. The van der Waals surface area contributed by atoms with Crippen molar-refractivity contribution in [2.45, 2.75) is 6.92 Å². The second-order valence-electron chi connectivity index (χ2n) is 3.60. The number of carbonyl (C=O) groups is 1. The highest BCUT2D eigenvalue weighted by Crippen LogP contribution is 2.27. The zero-order chi connectivity index (χ0) is 12.4. The van der Waals surface area contributed by atoms with Crippen molar-refractivity contribution in [2.24, 2.45) is 12.2 Å². The Hall–Kier alpha value is -1.81. The molecule has 0 unspecified atom stereocenters. The van der Waals surface area contributed by atoms with E-state index < -0.39 is 5.97 Å². The summed E-state index contributed by atoms with van der Waals surface area (Å²) in [5.41, 5.74) is 1.74. The van der Waals surface area contributed by atoms with Crippen LogP contribution in [-0.4, -0.2) is 16.8 Å². The molecule has 0 aliphatic carbocycles. The zero-order valence-corrected chi connectivity index (χ0v) is 10.2. The fourth-order valence-corrected chi connectivity index (χ4v) is 1.91. The molecule has 0 radical (unpaired) electrons. The van der Waals surface area contributed by atoms with Gasteiger partial charge in [-0.15, -0.1) is 0 Å². The largest absolute Gasteiger partial charge is 0.334 e. The van der Waals surface area contributed by atoms with Crippen LogP contribution in [-0.2, 0) is 16.7 Å². The summed E-state index contributed by atoms with van der Waals surface area (Å²) in [5.74, 6) is -0.461. The maximum Gasteiger partial charge on any atom is 0.331 e. The number of aryl methyl sites for hydroxylation is 1. The number of hydrogen-bond donors (Lipinski definition) is 0. The van der Waals surface area contributed by atoms with Crippen LogP contribution in [0.3, 0.4) is 0 Å². The third kappa shape index (κ3) is 2.17. The summed E-state index contributed by atoms with van der Waals surface area (Å²) in [5, 5.41) is 5.12. The summed E-state index contributed by atoms with van der Waals surface area (Å²) in [6, 6.07) is 7.76. The molecule has 1 aromatic carbocycles. The quantitative estimate of drug-likeness (QED) is 0.467. The van der Waals surface area contributed by atoms with Gasteiger partial charge < -0.3 is 9.40 Å². The minimum Gasteiger partial charge on any atom is -0.334 e. The molecule has 0 aliphatic heterocycles. The molecule has 2 rings (SSSR count). The molecule has 0 fully saturated rings. The van der Waals surface area contributed by atoms with E-state index in [0.29, 0.717) is 5.15 Å². The third-order valence-corrected chi connectivity index (χ3v) is 2.89. The van der Waals surface area contributed by atoms with E-state index in [4.69, 9.17) is 11.6 Å². The summed E-state index contributed by atoms with van der Waals surface area (Å²) in [6.07, 6.45) is 1.45. The lowest BCUT2D eigenvalue weighted by Crippen LogP contribution is -1.92. The van der Waals surface area contributed by atoms with Gasteiger partial charge >= 0.3 is 5.97 Å². The number of fused-ring (bicyclic) bond motifs is 1. The van der Waals surface area contributed by atoms with Gasteiger partial charge in [-0.1, -0.05) is 35.0 Å². The number of halogens is 1. The molecular weight excluding hydrogens is 240 g/mol. The Morgan fingerprint density at radius 1 is 1.47 bits per heavy atom. The number of rotatable bonds is 2. The van der Waals surface area contributed by atoms with Crippen LogP contribution in [0, 0.1) is 0 Å². The van der Waals surface area contributed by atoms with Gasteiger partial charge in [0.2, 0.25) is 0 Å². The molecule has 1 aromatic heterocycles. The Bertz CT molecular complexity index is 602. The fraction of sp³-hybridized carbons (Fsp3) is 0.167. The first-order valence-electron chi connectivity index (χ1n) is 5.05. The molecule has 5 heteroatoms. The van der Waals surface area contributed by atoms with Crippen LogP contribution in [0.4, 0.5) is 0 Å². The fourth-order valence-electron chi connectivity index (χ4n) is 1.67. The molecule has 88 valence electrons. The van der Waals surface area contributed by atoms with Gasteiger partial charge in [-0.2, -0.15) is 0 Å². The molecule has 17 heavy (non-hydrogen) atoms. The van der Waals surface area contributed by atoms with Crippen molar-refractivity contribution in [3.8, 4) is 0 Å². The van der Waals surface area contributed by atoms with E-state index in [0.717, 1.165) is 16.5 Å². The lowest BCUT2D eigenvalue weighted by Gasteiger charge is -1.95. The minimum absolute atomic E-state index is 0.461. The first-order valence-corrected chi connectivity index (χ1v) is 5.43. The highest BCUT2D eigenvalue weighted by atomic mass is 35.5. The molecule has 0 aliphatic rings. The minimum atomic E-state index is -0.461. The van der Waals surface area contributed by atoms with Crippen LogP contribution in [0.15, 0.2) is 29.4 Å². The topological polar surface area (TPSA) is 43.6 Å². The van der Waals surface area contributed by atoms with Crippen molar-refractivity contribution in [2.75, 3.05) is 0 Å². The van der Waals surface area contributed by atoms with E-state index in [1.165, 1.54) is 13.1 Å². The van der Waals surface area contributed by atoms with Crippen molar-refractivity contribution in [1.29, 1.82) is 0 Å². The van der Waals surface area contributed by atoms with Crippen LogP contribution in [0.25, 0.3) is 10.9 Å². The van der Waals surface area contributed by atoms with Gasteiger partial charge in [-0.05, 0) is 6.07 Å². The second kappa shape index (κ2) is 4.59. The van der Waals surface area contributed by atoms with Crippen LogP contribution in [0.2, 0.25) is 5.15 Å². The molecule has 2 aromatic rings. The maximum absolute atomic E-state index is 10.6. The van der Waals surface area contributed by atoms with Crippen LogP contribution >= 0.6 is 11.6 Å². The first kappa shape index (κ1) is 11.7. The molecule has 0 spiro atoms. The number of nitrogens with zero attached hydrogens (tertiary/aromatic N) is 2. The number of oxime groups is 1. The van der Waals surface area contributed by atoms with E-state index >= 15 is 0 Å². The van der Waals surface area contributed by atoms with Crippen molar-refractivity contribution < 1.29 is 9.63 Å². The standard InChI is InChI=1S/C12H11ClN2O2/c1-8(16)17-14-7-10-9-5-3-4-6-11(9)15(2)12(10)13/h3-7H,1-2H3/b14-7-. The number of carbonyl (C=O) groups excluding carboxylic acids is 1. The lowest BCUT2D eigenvalue weighted by molar-refractivity contribution is -0.140. The van der Waals surface area contributed by atoms with Crippen LogP contribution in [0.5, 0.6) is 0 Å². The smallest absolute Gasteiger partial charge is 0.331 e. The van der Waals surface area contributed by atoms with Crippen molar-refractivity contribution in [3.63, 3.8) is 0 Å². The van der Waals surface area contributed by atoms with E-state index in [1.807, 2.05) is 35.9 Å². The second-order valence-corrected chi connectivity index (χ2v) is 3.96. The number of para-hydroxylation sites is 1. The number of benzene rings is 1. The summed E-state index contributed by atoms with van der Waals surface area (Å²) in [6.45, 7) is 1.29. The van der Waals surface area contributed by atoms with Gasteiger partial charge in [0.05, 0.1) is 6.21 Å². The Morgan fingerprint density at radius 2 is 2.18 bits per heavy atom. The molecule has 0 amide bonds. The average Bonchev–Trinajstić information content (AvgIpc) is 2.54. The van der Waals surface area contributed by atoms with Gasteiger partial charge in [0.15, 0.2) is 0 Å². The molecule has 0 atom stereocenters. The molecule has 1 heterocycles. The predicted octanol–water partition coefficient (Wildman–Crippen LogP) is 2.73. The van der Waals surface area contributed by atoms with E-state index in [2.05, 4.69) is 9.99 Å². The number of hydrogen-bond acceptors (Lipinski definition) is 3. The van der Waals surface area contributed by atoms with Crippen LogP contribution < -0.4 is 0 Å². The van der Waals surface area contributed by atoms with Gasteiger partial charge in [0, 0.05) is 30.4 Å². The molecular formula is C12H11ClN2O2. The predicted molar refractivity (Wildman–Crippen MR) is 67.3 cm³/mol. The summed E-state index contributed by atoms with van der Waals surface area (Å²) < 4.78 is 1.85. The highest BCUT2D eigenvalue weighted by Gasteiger charge is 2.11. The third-order valence-electron chi connectivity index (χ3n) is 2.44. The lowest BCUT2D eigenvalue weighted by atomic mass is 10.2. The average molecular weight is 251 g/mol. The SMILES string of the molecule is CC(=O)O/N=C\c1c(Cl)n(C)c2ccccc12. The molecule has 0 N–H and O–H groups in total. The van der Waals surface area contributed by atoms with Crippen molar-refractivity contribution in [1.82, 2.24) is 4.57 Å². The Labute approximate surface area is 103 Å². The van der Waals surface area contributed by atoms with E-state index in [-0.39, 0.29) is 0 Å². The van der Waals surface area contributed by atoms with Gasteiger partial charge in [-0.3, -0.25) is 0 Å². The highest BCUT2D eigenvalue weighted by molar-refractivity contribution is 6.34. The summed E-state index contributed by atoms with van der Waals surface area (Å²) in [7, 11) is 1.87. The maximum atomic E-state index is 10.6. The van der Waals surface area contributed by atoms with Gasteiger partial charge in [0.1, 0.15) is 5.15 Å². The van der Waals surface area contributed by atoms with Gasteiger partial charge in [0.25, 0.3) is 0 Å². The molecule has 0 saturated carbocycles. The van der Waals surface area contributed by atoms with Crippen molar-refractivity contribution in [3.05, 3.63) is 35.0 Å².